The van der Waals surface area contributed by atoms with Crippen LogP contribution in [0.5, 0.6) is 17.2 Å². The van der Waals surface area contributed by atoms with Gasteiger partial charge in [-0.3, -0.25) is 0 Å². The summed E-state index contributed by atoms with van der Waals surface area (Å²) in [5, 5.41) is 3.83. The van der Waals surface area contributed by atoms with E-state index in [9.17, 15) is 4.79 Å². The van der Waals surface area contributed by atoms with Gasteiger partial charge in [0.05, 0.1) is 22.7 Å². The Morgan fingerprint density at radius 2 is 2.04 bits per heavy atom. The normalized spacial score (nSPS) is 18.2. The Bertz CT molecular complexity index is 706. The summed E-state index contributed by atoms with van der Waals surface area (Å²) in [5.41, 5.74) is 1.18. The van der Waals surface area contributed by atoms with Crippen molar-refractivity contribution >= 4 is 43.5 Å². The van der Waals surface area contributed by atoms with E-state index in [1.54, 1.807) is 14.0 Å². The molecule has 0 saturated carbocycles. The van der Waals surface area contributed by atoms with Crippen molar-refractivity contribution < 1.29 is 28.6 Å². The zero-order valence-corrected chi connectivity index (χ0v) is 16.2. The summed E-state index contributed by atoms with van der Waals surface area (Å²) < 4.78 is 22.8. The van der Waals surface area contributed by atoms with Crippen LogP contribution in [-0.4, -0.2) is 38.3 Å². The number of fused-ring (bicyclic) bond motifs is 1. The first kappa shape index (κ1) is 17.3. The maximum Gasteiger partial charge on any atom is 0.356 e. The molecule has 0 radical (unpaired) electrons. The molecule has 0 unspecified atom stereocenters. The van der Waals surface area contributed by atoms with Crippen LogP contribution < -0.4 is 14.2 Å². The number of benzene rings is 1. The molecule has 0 saturated heterocycles. The maximum atomic E-state index is 11.7. The van der Waals surface area contributed by atoms with E-state index in [0.29, 0.717) is 42.4 Å². The number of esters is 1. The number of methoxy groups -OCH3 is 1. The minimum Gasteiger partial charge on any atom is -0.492 e. The molecule has 7 nitrogen and oxygen atoms in total. The van der Waals surface area contributed by atoms with Crippen molar-refractivity contribution in [3.8, 4) is 17.2 Å². The third kappa shape index (κ3) is 3.06. The van der Waals surface area contributed by atoms with Crippen LogP contribution in [0.15, 0.2) is 14.1 Å². The summed E-state index contributed by atoms with van der Waals surface area (Å²) in [4.78, 5) is 17.1. The van der Waals surface area contributed by atoms with Crippen LogP contribution in [0.2, 0.25) is 0 Å². The van der Waals surface area contributed by atoms with Crippen molar-refractivity contribution in [1.82, 2.24) is 0 Å². The Kier molecular flexibility index (Phi) is 5.19. The van der Waals surface area contributed by atoms with Gasteiger partial charge in [-0.05, 0) is 44.3 Å². The molecule has 2 heterocycles. The molecule has 2 aliphatic rings. The van der Waals surface area contributed by atoms with E-state index in [1.807, 2.05) is 0 Å². The predicted octanol–water partition coefficient (Wildman–Crippen LogP) is 3.20. The van der Waals surface area contributed by atoms with Crippen LogP contribution in [0.1, 0.15) is 18.9 Å². The fourth-order valence-corrected chi connectivity index (χ4v) is 4.16. The Morgan fingerprint density at radius 3 is 2.75 bits per heavy atom. The van der Waals surface area contributed by atoms with Gasteiger partial charge in [0.25, 0.3) is 0 Å². The minimum atomic E-state index is -0.443. The zero-order valence-electron chi connectivity index (χ0n) is 13.1. The lowest BCUT2D eigenvalue weighted by Gasteiger charge is -2.16. The van der Waals surface area contributed by atoms with Crippen LogP contribution in [0.25, 0.3) is 0 Å². The van der Waals surface area contributed by atoms with E-state index in [4.69, 9.17) is 23.8 Å². The molecule has 3 rings (SSSR count). The van der Waals surface area contributed by atoms with E-state index < -0.39 is 5.97 Å². The molecule has 0 N–H and O–H groups in total. The third-order valence-corrected chi connectivity index (χ3v) is 5.31. The van der Waals surface area contributed by atoms with Crippen LogP contribution in [-0.2, 0) is 20.8 Å². The highest BCUT2D eigenvalue weighted by Gasteiger charge is 2.33. The lowest BCUT2D eigenvalue weighted by Crippen LogP contribution is -2.19. The molecule has 0 fully saturated rings. The fraction of sp³-hybridized carbons (Fsp3) is 0.467. The SMILES string of the molecule is CCOC(=O)C1=NO[C@@H](Cc2c(Br)c(OC)c3c(c2Br)OCO3)C1. The zero-order chi connectivity index (χ0) is 17.3. The molecule has 0 spiro atoms. The number of ether oxygens (including phenoxy) is 4. The smallest absolute Gasteiger partial charge is 0.356 e. The van der Waals surface area contributed by atoms with Crippen LogP contribution in [0, 0.1) is 0 Å². The first-order valence-corrected chi connectivity index (χ1v) is 8.88. The van der Waals surface area contributed by atoms with Gasteiger partial charge in [0.15, 0.2) is 17.2 Å². The average Bonchev–Trinajstić information content (AvgIpc) is 3.22. The average molecular weight is 465 g/mol. The lowest BCUT2D eigenvalue weighted by atomic mass is 10.0. The lowest BCUT2D eigenvalue weighted by molar-refractivity contribution is -0.135. The van der Waals surface area contributed by atoms with Gasteiger partial charge in [-0.25, -0.2) is 4.79 Å². The van der Waals surface area contributed by atoms with Crippen LogP contribution >= 0.6 is 31.9 Å². The molecule has 0 amide bonds. The Hall–Kier alpha value is -1.48. The van der Waals surface area contributed by atoms with Crippen molar-refractivity contribution in [3.05, 3.63) is 14.5 Å². The number of hydrogen-bond acceptors (Lipinski definition) is 7. The number of oxime groups is 1. The quantitative estimate of drug-likeness (QED) is 0.623. The van der Waals surface area contributed by atoms with Crippen molar-refractivity contribution in [3.63, 3.8) is 0 Å². The van der Waals surface area contributed by atoms with E-state index in [-0.39, 0.29) is 12.9 Å². The summed E-state index contributed by atoms with van der Waals surface area (Å²) in [5.74, 6) is 1.26. The van der Waals surface area contributed by atoms with Gasteiger partial charge in [0.1, 0.15) is 6.10 Å². The maximum absolute atomic E-state index is 11.7. The topological polar surface area (TPSA) is 75.6 Å². The summed E-state index contributed by atoms with van der Waals surface area (Å²) in [6.07, 6.45) is 0.608. The molecule has 1 atom stereocenters. The van der Waals surface area contributed by atoms with Gasteiger partial charge in [-0.1, -0.05) is 5.16 Å². The highest BCUT2D eigenvalue weighted by Crippen LogP contribution is 2.52. The Morgan fingerprint density at radius 1 is 1.29 bits per heavy atom. The molecule has 0 aromatic heterocycles. The van der Waals surface area contributed by atoms with Crippen molar-refractivity contribution in [2.75, 3.05) is 20.5 Å². The number of halogens is 2. The summed E-state index contributed by atoms with van der Waals surface area (Å²) in [6, 6.07) is 0. The van der Waals surface area contributed by atoms with Gasteiger partial charge < -0.3 is 23.8 Å². The molecule has 0 bridgehead atoms. The van der Waals surface area contributed by atoms with E-state index in [0.717, 1.165) is 14.5 Å². The molecule has 2 aliphatic heterocycles. The highest BCUT2D eigenvalue weighted by molar-refractivity contribution is 9.11. The van der Waals surface area contributed by atoms with Crippen molar-refractivity contribution in [2.24, 2.45) is 5.16 Å². The number of hydrogen-bond donors (Lipinski definition) is 0. The van der Waals surface area contributed by atoms with Crippen molar-refractivity contribution in [1.29, 1.82) is 0 Å². The number of nitrogens with zero attached hydrogens (tertiary/aromatic N) is 1. The van der Waals surface area contributed by atoms with Gasteiger partial charge >= 0.3 is 5.97 Å². The standard InChI is InChI=1S/C15H15Br2NO6/c1-3-21-15(19)9-5-7(24-18-9)4-8-10(16)12(20-2)14-13(11(8)17)22-6-23-14/h7H,3-6H2,1-2H3/t7-/m0/s1. The first-order valence-electron chi connectivity index (χ1n) is 7.30. The summed E-state index contributed by atoms with van der Waals surface area (Å²) >= 11 is 7.09. The molecule has 24 heavy (non-hydrogen) atoms. The van der Waals surface area contributed by atoms with Gasteiger partial charge in [0.2, 0.25) is 12.5 Å². The number of rotatable bonds is 5. The monoisotopic (exact) mass is 463 g/mol. The summed E-state index contributed by atoms with van der Waals surface area (Å²) in [6.45, 7) is 2.19. The molecular weight excluding hydrogens is 450 g/mol. The second kappa shape index (κ2) is 7.18. The Labute approximate surface area is 155 Å². The first-order chi connectivity index (χ1) is 11.6. The summed E-state index contributed by atoms with van der Waals surface area (Å²) in [7, 11) is 1.56. The van der Waals surface area contributed by atoms with E-state index in [2.05, 4.69) is 37.0 Å². The highest BCUT2D eigenvalue weighted by atomic mass is 79.9. The van der Waals surface area contributed by atoms with Gasteiger partial charge in [-0.15, -0.1) is 0 Å². The number of carbonyl (C=O) groups excluding carboxylic acids is 1. The van der Waals surface area contributed by atoms with Crippen LogP contribution in [0.3, 0.4) is 0 Å². The Balaban J connectivity index is 1.81. The molecule has 0 aliphatic carbocycles. The minimum absolute atomic E-state index is 0.135. The predicted molar refractivity (Wildman–Crippen MR) is 91.8 cm³/mol. The van der Waals surface area contributed by atoms with Crippen molar-refractivity contribution in [2.45, 2.75) is 25.9 Å². The van der Waals surface area contributed by atoms with Gasteiger partial charge in [-0.2, -0.15) is 0 Å². The second-order valence-corrected chi connectivity index (χ2v) is 6.68. The molecule has 9 heteroatoms. The molecule has 130 valence electrons. The molecule has 1 aromatic carbocycles. The van der Waals surface area contributed by atoms with Gasteiger partial charge in [0, 0.05) is 12.8 Å². The largest absolute Gasteiger partial charge is 0.492 e. The number of carbonyl (C=O) groups is 1. The fourth-order valence-electron chi connectivity index (χ4n) is 2.54. The van der Waals surface area contributed by atoms with E-state index in [1.165, 1.54) is 0 Å². The molecule has 1 aromatic rings. The third-order valence-electron chi connectivity index (χ3n) is 3.63. The van der Waals surface area contributed by atoms with E-state index >= 15 is 0 Å². The molecular formula is C15H15Br2NO6. The second-order valence-electron chi connectivity index (χ2n) is 5.10. The van der Waals surface area contributed by atoms with Crippen LogP contribution in [0.4, 0.5) is 0 Å².